The second-order valence-electron chi connectivity index (χ2n) is 8.15. The standard InChI is InChI=1S/C21H28FN3O2/c22-17-5-1-3-15(13-17)21(27)24-11-8-19(9-12-24)25-10-2-4-16(14-25)20(26)23-18-6-7-18/h1,3,5,13,16,18-19H,2,4,6-12,14H2,(H,23,26)/t16-/m1/s1. The topological polar surface area (TPSA) is 52.7 Å². The number of amides is 2. The number of halogens is 1. The summed E-state index contributed by atoms with van der Waals surface area (Å²) in [5.74, 6) is -0.139. The Balaban J connectivity index is 1.29. The number of likely N-dealkylation sites (tertiary alicyclic amines) is 2. The van der Waals surface area contributed by atoms with Crippen LogP contribution in [0.1, 0.15) is 48.9 Å². The normalized spacial score (nSPS) is 24.6. The van der Waals surface area contributed by atoms with E-state index in [1.165, 1.54) is 12.1 Å². The van der Waals surface area contributed by atoms with Crippen LogP contribution in [0.2, 0.25) is 0 Å². The van der Waals surface area contributed by atoms with Crippen LogP contribution in [0.3, 0.4) is 0 Å². The molecule has 1 saturated carbocycles. The lowest BCUT2D eigenvalue weighted by Gasteiger charge is -2.42. The Hall–Kier alpha value is -1.95. The number of rotatable bonds is 4. The third-order valence-corrected chi connectivity index (χ3v) is 6.09. The molecule has 0 bridgehead atoms. The van der Waals surface area contributed by atoms with Crippen LogP contribution >= 0.6 is 0 Å². The van der Waals surface area contributed by atoms with Crippen LogP contribution in [0.25, 0.3) is 0 Å². The fraction of sp³-hybridized carbons (Fsp3) is 0.619. The molecule has 4 rings (SSSR count). The first kappa shape index (κ1) is 18.4. The monoisotopic (exact) mass is 373 g/mol. The zero-order valence-corrected chi connectivity index (χ0v) is 15.7. The van der Waals surface area contributed by atoms with E-state index in [1.54, 1.807) is 12.1 Å². The van der Waals surface area contributed by atoms with E-state index in [0.717, 1.165) is 51.6 Å². The van der Waals surface area contributed by atoms with Gasteiger partial charge in [0.05, 0.1) is 5.92 Å². The predicted octanol–water partition coefficient (Wildman–Crippen LogP) is 2.42. The van der Waals surface area contributed by atoms with E-state index in [2.05, 4.69) is 10.2 Å². The Morgan fingerprint density at radius 3 is 2.52 bits per heavy atom. The van der Waals surface area contributed by atoms with E-state index in [9.17, 15) is 14.0 Å². The second kappa shape index (κ2) is 7.97. The van der Waals surface area contributed by atoms with E-state index in [-0.39, 0.29) is 23.5 Å². The Labute approximate surface area is 159 Å². The molecule has 0 aromatic heterocycles. The second-order valence-corrected chi connectivity index (χ2v) is 8.15. The quantitative estimate of drug-likeness (QED) is 0.882. The molecule has 1 aromatic carbocycles. The smallest absolute Gasteiger partial charge is 0.253 e. The van der Waals surface area contributed by atoms with Crippen molar-refractivity contribution in [3.63, 3.8) is 0 Å². The molecular weight excluding hydrogens is 345 g/mol. The third kappa shape index (κ3) is 4.49. The van der Waals surface area contributed by atoms with Crippen molar-refractivity contribution in [3.8, 4) is 0 Å². The average molecular weight is 373 g/mol. The molecule has 1 aromatic rings. The highest BCUT2D eigenvalue weighted by Crippen LogP contribution is 2.26. The summed E-state index contributed by atoms with van der Waals surface area (Å²) in [6.07, 6.45) is 6.12. The number of carbonyl (C=O) groups is 2. The van der Waals surface area contributed by atoms with Crippen LogP contribution in [0.5, 0.6) is 0 Å². The van der Waals surface area contributed by atoms with Crippen molar-refractivity contribution in [2.45, 2.75) is 50.6 Å². The van der Waals surface area contributed by atoms with Gasteiger partial charge in [-0.05, 0) is 63.3 Å². The minimum atomic E-state index is -0.375. The summed E-state index contributed by atoms with van der Waals surface area (Å²) in [6.45, 7) is 3.25. The molecule has 2 saturated heterocycles. The molecule has 0 spiro atoms. The molecule has 1 aliphatic carbocycles. The molecule has 1 N–H and O–H groups in total. The van der Waals surface area contributed by atoms with Gasteiger partial charge in [0.15, 0.2) is 0 Å². The van der Waals surface area contributed by atoms with Crippen LogP contribution in [0.4, 0.5) is 4.39 Å². The molecule has 2 amide bonds. The number of hydrogen-bond acceptors (Lipinski definition) is 3. The van der Waals surface area contributed by atoms with Gasteiger partial charge in [0.1, 0.15) is 5.82 Å². The van der Waals surface area contributed by atoms with Crippen molar-refractivity contribution >= 4 is 11.8 Å². The lowest BCUT2D eigenvalue weighted by molar-refractivity contribution is -0.127. The molecule has 6 heteroatoms. The lowest BCUT2D eigenvalue weighted by atomic mass is 9.93. The fourth-order valence-electron chi connectivity index (χ4n) is 4.34. The van der Waals surface area contributed by atoms with Crippen molar-refractivity contribution < 1.29 is 14.0 Å². The first-order valence-corrected chi connectivity index (χ1v) is 10.2. The molecule has 2 heterocycles. The van der Waals surface area contributed by atoms with Crippen LogP contribution in [0.15, 0.2) is 24.3 Å². The number of benzene rings is 1. The van der Waals surface area contributed by atoms with E-state index in [0.29, 0.717) is 30.7 Å². The number of piperidine rings is 2. The van der Waals surface area contributed by atoms with Gasteiger partial charge in [0, 0.05) is 37.3 Å². The maximum atomic E-state index is 13.4. The summed E-state index contributed by atoms with van der Waals surface area (Å²) in [6, 6.07) is 6.77. The highest BCUT2D eigenvalue weighted by molar-refractivity contribution is 5.94. The first-order valence-electron chi connectivity index (χ1n) is 10.2. The summed E-state index contributed by atoms with van der Waals surface area (Å²) in [5, 5.41) is 3.14. The van der Waals surface area contributed by atoms with Gasteiger partial charge in [-0.1, -0.05) is 6.07 Å². The number of carbonyl (C=O) groups excluding carboxylic acids is 2. The number of nitrogens with one attached hydrogen (secondary N) is 1. The van der Waals surface area contributed by atoms with E-state index in [4.69, 9.17) is 0 Å². The Kier molecular flexibility index (Phi) is 5.43. The van der Waals surface area contributed by atoms with Crippen molar-refractivity contribution in [2.75, 3.05) is 26.2 Å². The van der Waals surface area contributed by atoms with Gasteiger partial charge < -0.3 is 10.2 Å². The molecule has 5 nitrogen and oxygen atoms in total. The van der Waals surface area contributed by atoms with Gasteiger partial charge in [-0.15, -0.1) is 0 Å². The van der Waals surface area contributed by atoms with Crippen LogP contribution < -0.4 is 5.32 Å². The van der Waals surface area contributed by atoms with E-state index < -0.39 is 0 Å². The molecule has 2 aliphatic heterocycles. The summed E-state index contributed by atoms with van der Waals surface area (Å²) < 4.78 is 13.4. The van der Waals surface area contributed by atoms with Crippen molar-refractivity contribution in [3.05, 3.63) is 35.6 Å². The van der Waals surface area contributed by atoms with Crippen LogP contribution in [-0.4, -0.2) is 59.9 Å². The molecule has 27 heavy (non-hydrogen) atoms. The fourth-order valence-corrected chi connectivity index (χ4v) is 4.34. The van der Waals surface area contributed by atoms with Gasteiger partial charge in [0.25, 0.3) is 5.91 Å². The summed E-state index contributed by atoms with van der Waals surface area (Å²) in [5.41, 5.74) is 0.420. The molecular formula is C21H28FN3O2. The number of hydrogen-bond donors (Lipinski definition) is 1. The lowest BCUT2D eigenvalue weighted by Crippen LogP contribution is -2.51. The van der Waals surface area contributed by atoms with Gasteiger partial charge in [0.2, 0.25) is 5.91 Å². The largest absolute Gasteiger partial charge is 0.353 e. The Morgan fingerprint density at radius 1 is 1.04 bits per heavy atom. The van der Waals surface area contributed by atoms with Gasteiger partial charge in [-0.25, -0.2) is 4.39 Å². The first-order chi connectivity index (χ1) is 13.1. The van der Waals surface area contributed by atoms with Gasteiger partial charge >= 0.3 is 0 Å². The maximum absolute atomic E-state index is 13.4. The highest BCUT2D eigenvalue weighted by atomic mass is 19.1. The average Bonchev–Trinajstić information content (AvgIpc) is 3.51. The van der Waals surface area contributed by atoms with E-state index in [1.807, 2.05) is 4.90 Å². The van der Waals surface area contributed by atoms with Crippen LogP contribution in [-0.2, 0) is 4.79 Å². The number of nitrogens with zero attached hydrogens (tertiary/aromatic N) is 2. The molecule has 0 unspecified atom stereocenters. The zero-order valence-electron chi connectivity index (χ0n) is 15.7. The van der Waals surface area contributed by atoms with Crippen LogP contribution in [0, 0.1) is 11.7 Å². The molecule has 146 valence electrons. The molecule has 3 aliphatic rings. The minimum Gasteiger partial charge on any atom is -0.353 e. The highest BCUT2D eigenvalue weighted by Gasteiger charge is 2.34. The van der Waals surface area contributed by atoms with Gasteiger partial charge in [-0.3, -0.25) is 14.5 Å². The molecule has 0 radical (unpaired) electrons. The Bertz CT molecular complexity index is 698. The van der Waals surface area contributed by atoms with Crippen molar-refractivity contribution in [1.29, 1.82) is 0 Å². The van der Waals surface area contributed by atoms with Crippen molar-refractivity contribution in [2.24, 2.45) is 5.92 Å². The summed E-state index contributed by atoms with van der Waals surface area (Å²) in [4.78, 5) is 29.2. The minimum absolute atomic E-state index is 0.0896. The predicted molar refractivity (Wildman–Crippen MR) is 101 cm³/mol. The summed E-state index contributed by atoms with van der Waals surface area (Å²) in [7, 11) is 0. The Morgan fingerprint density at radius 2 is 1.81 bits per heavy atom. The van der Waals surface area contributed by atoms with Crippen molar-refractivity contribution in [1.82, 2.24) is 15.1 Å². The third-order valence-electron chi connectivity index (χ3n) is 6.09. The molecule has 3 fully saturated rings. The molecule has 1 atom stereocenters. The van der Waals surface area contributed by atoms with Gasteiger partial charge in [-0.2, -0.15) is 0 Å². The SMILES string of the molecule is O=C(NC1CC1)[C@@H]1CCCN(C2CCN(C(=O)c3cccc(F)c3)CC2)C1. The zero-order chi connectivity index (χ0) is 18.8. The van der Waals surface area contributed by atoms with E-state index >= 15 is 0 Å². The summed E-state index contributed by atoms with van der Waals surface area (Å²) >= 11 is 0. The maximum Gasteiger partial charge on any atom is 0.253 e.